The molecule has 1 N–H and O–H groups in total. The standard InChI is InChI=1S/C26H24N4O2/c1-2-29(22-9-5-3-6-10-22)25(31)19-20-13-15-21(16-14-20)27-26(32)24-17-18-30(28-24)23-11-7-4-8-12-23/h3-18H,2,19H2,1H3,(H,27,32). The molecule has 6 heteroatoms. The largest absolute Gasteiger partial charge is 0.321 e. The van der Waals surface area contributed by atoms with Crippen LogP contribution >= 0.6 is 0 Å². The van der Waals surface area contributed by atoms with Gasteiger partial charge in [0.15, 0.2) is 5.69 Å². The van der Waals surface area contributed by atoms with Crippen molar-refractivity contribution in [2.24, 2.45) is 0 Å². The van der Waals surface area contributed by atoms with Gasteiger partial charge in [-0.15, -0.1) is 0 Å². The lowest BCUT2D eigenvalue weighted by Gasteiger charge is -2.21. The predicted octanol–water partition coefficient (Wildman–Crippen LogP) is 4.72. The summed E-state index contributed by atoms with van der Waals surface area (Å²) in [5, 5.41) is 7.20. The number of likely N-dealkylation sites (N-methyl/N-ethyl adjacent to an activating group) is 1. The van der Waals surface area contributed by atoms with Crippen LogP contribution in [-0.2, 0) is 11.2 Å². The minimum Gasteiger partial charge on any atom is -0.321 e. The van der Waals surface area contributed by atoms with Crippen molar-refractivity contribution in [1.29, 1.82) is 0 Å². The molecule has 0 spiro atoms. The fraction of sp³-hybridized carbons (Fsp3) is 0.115. The molecule has 0 aliphatic rings. The lowest BCUT2D eigenvalue weighted by atomic mass is 10.1. The van der Waals surface area contributed by atoms with E-state index in [1.807, 2.05) is 79.7 Å². The first-order valence-electron chi connectivity index (χ1n) is 10.5. The molecule has 1 heterocycles. The first-order valence-corrected chi connectivity index (χ1v) is 10.5. The monoisotopic (exact) mass is 424 g/mol. The number of nitrogens with one attached hydrogen (secondary N) is 1. The first-order chi connectivity index (χ1) is 15.6. The number of amides is 2. The van der Waals surface area contributed by atoms with Crippen LogP contribution in [0, 0.1) is 0 Å². The second-order valence-corrected chi connectivity index (χ2v) is 7.28. The van der Waals surface area contributed by atoms with E-state index >= 15 is 0 Å². The third-order valence-electron chi connectivity index (χ3n) is 5.09. The molecule has 0 saturated carbocycles. The summed E-state index contributed by atoms with van der Waals surface area (Å²) in [6.45, 7) is 2.56. The first kappa shape index (κ1) is 21.1. The van der Waals surface area contributed by atoms with E-state index < -0.39 is 0 Å². The van der Waals surface area contributed by atoms with Crippen LogP contribution in [0.1, 0.15) is 23.0 Å². The summed E-state index contributed by atoms with van der Waals surface area (Å²) in [7, 11) is 0. The highest BCUT2D eigenvalue weighted by atomic mass is 16.2. The van der Waals surface area contributed by atoms with Crippen LogP contribution in [0.25, 0.3) is 5.69 Å². The normalized spacial score (nSPS) is 10.5. The lowest BCUT2D eigenvalue weighted by Crippen LogP contribution is -2.31. The van der Waals surface area contributed by atoms with E-state index in [1.165, 1.54) is 0 Å². The zero-order valence-electron chi connectivity index (χ0n) is 17.8. The van der Waals surface area contributed by atoms with Crippen LogP contribution < -0.4 is 10.2 Å². The van der Waals surface area contributed by atoms with Crippen molar-refractivity contribution in [1.82, 2.24) is 9.78 Å². The summed E-state index contributed by atoms with van der Waals surface area (Å²) in [4.78, 5) is 27.1. The number of anilines is 2. The van der Waals surface area contributed by atoms with Crippen molar-refractivity contribution in [3.8, 4) is 5.69 Å². The number of nitrogens with zero attached hydrogens (tertiary/aromatic N) is 3. The molecule has 0 bridgehead atoms. The van der Waals surface area contributed by atoms with Crippen molar-refractivity contribution in [2.45, 2.75) is 13.3 Å². The summed E-state index contributed by atoms with van der Waals surface area (Å²) in [6.07, 6.45) is 2.05. The molecule has 0 saturated heterocycles. The Morgan fingerprint density at radius 2 is 1.53 bits per heavy atom. The van der Waals surface area contributed by atoms with E-state index in [2.05, 4.69) is 10.4 Å². The SMILES string of the molecule is CCN(C(=O)Cc1ccc(NC(=O)c2ccn(-c3ccccc3)n2)cc1)c1ccccc1. The van der Waals surface area contributed by atoms with Gasteiger partial charge in [0, 0.05) is 24.1 Å². The Labute approximate surface area is 187 Å². The topological polar surface area (TPSA) is 67.2 Å². The summed E-state index contributed by atoms with van der Waals surface area (Å²) in [5.74, 6) is -0.258. The van der Waals surface area contributed by atoms with Gasteiger partial charge in [-0.2, -0.15) is 5.10 Å². The number of carbonyl (C=O) groups is 2. The molecule has 0 aliphatic heterocycles. The molecule has 2 amide bonds. The predicted molar refractivity (Wildman–Crippen MR) is 126 cm³/mol. The van der Waals surface area contributed by atoms with Crippen molar-refractivity contribution < 1.29 is 9.59 Å². The molecule has 4 aromatic rings. The van der Waals surface area contributed by atoms with E-state index in [0.717, 1.165) is 16.9 Å². The van der Waals surface area contributed by atoms with Crippen molar-refractivity contribution >= 4 is 23.2 Å². The number of hydrogen-bond donors (Lipinski definition) is 1. The van der Waals surface area contributed by atoms with Gasteiger partial charge in [-0.05, 0) is 55.0 Å². The smallest absolute Gasteiger partial charge is 0.276 e. The van der Waals surface area contributed by atoms with E-state index in [1.54, 1.807) is 34.0 Å². The number of aromatic nitrogens is 2. The van der Waals surface area contributed by atoms with E-state index in [0.29, 0.717) is 24.3 Å². The molecular weight excluding hydrogens is 400 g/mol. The number of para-hydroxylation sites is 2. The number of carbonyl (C=O) groups excluding carboxylic acids is 2. The molecule has 4 rings (SSSR count). The van der Waals surface area contributed by atoms with Crippen LogP contribution in [0.5, 0.6) is 0 Å². The fourth-order valence-electron chi connectivity index (χ4n) is 3.45. The highest BCUT2D eigenvalue weighted by Crippen LogP contribution is 2.17. The summed E-state index contributed by atoms with van der Waals surface area (Å²) < 4.78 is 1.66. The van der Waals surface area contributed by atoms with Gasteiger partial charge < -0.3 is 10.2 Å². The Balaban J connectivity index is 1.38. The van der Waals surface area contributed by atoms with Crippen molar-refractivity contribution in [2.75, 3.05) is 16.8 Å². The van der Waals surface area contributed by atoms with Gasteiger partial charge in [-0.3, -0.25) is 9.59 Å². The highest BCUT2D eigenvalue weighted by Gasteiger charge is 2.15. The van der Waals surface area contributed by atoms with Gasteiger partial charge in [0.05, 0.1) is 12.1 Å². The van der Waals surface area contributed by atoms with Crippen LogP contribution in [0.15, 0.2) is 97.2 Å². The highest BCUT2D eigenvalue weighted by molar-refractivity contribution is 6.02. The maximum Gasteiger partial charge on any atom is 0.276 e. The second-order valence-electron chi connectivity index (χ2n) is 7.28. The average Bonchev–Trinajstić information content (AvgIpc) is 3.33. The Kier molecular flexibility index (Phi) is 6.41. The number of hydrogen-bond acceptors (Lipinski definition) is 3. The van der Waals surface area contributed by atoms with Crippen LogP contribution in [0.3, 0.4) is 0 Å². The maximum absolute atomic E-state index is 12.8. The average molecular weight is 425 g/mol. The third-order valence-corrected chi connectivity index (χ3v) is 5.09. The number of rotatable bonds is 7. The van der Waals surface area contributed by atoms with E-state index in [9.17, 15) is 9.59 Å². The Morgan fingerprint density at radius 1 is 0.875 bits per heavy atom. The van der Waals surface area contributed by atoms with Crippen LogP contribution in [0.4, 0.5) is 11.4 Å². The third kappa shape index (κ3) is 4.92. The number of benzene rings is 3. The molecule has 0 atom stereocenters. The minimum atomic E-state index is -0.287. The van der Waals surface area contributed by atoms with Crippen LogP contribution in [0.2, 0.25) is 0 Å². The summed E-state index contributed by atoms with van der Waals surface area (Å²) >= 11 is 0. The Bertz CT molecular complexity index is 1190. The van der Waals surface area contributed by atoms with Crippen molar-refractivity contribution in [3.05, 3.63) is 108 Å². The van der Waals surface area contributed by atoms with Gasteiger partial charge in [0.25, 0.3) is 5.91 Å². The zero-order valence-corrected chi connectivity index (χ0v) is 17.8. The van der Waals surface area contributed by atoms with E-state index in [-0.39, 0.29) is 11.8 Å². The van der Waals surface area contributed by atoms with Gasteiger partial charge in [0.2, 0.25) is 5.91 Å². The molecule has 3 aromatic carbocycles. The van der Waals surface area contributed by atoms with Gasteiger partial charge in [-0.25, -0.2) is 4.68 Å². The molecule has 0 unspecified atom stereocenters. The maximum atomic E-state index is 12.8. The Morgan fingerprint density at radius 3 is 2.19 bits per heavy atom. The molecule has 0 fully saturated rings. The quantitative estimate of drug-likeness (QED) is 0.467. The fourth-order valence-corrected chi connectivity index (χ4v) is 3.45. The molecule has 0 radical (unpaired) electrons. The summed E-state index contributed by atoms with van der Waals surface area (Å²) in [5.41, 5.74) is 3.64. The minimum absolute atomic E-state index is 0.0296. The van der Waals surface area contributed by atoms with Crippen LogP contribution in [-0.4, -0.2) is 28.1 Å². The van der Waals surface area contributed by atoms with Gasteiger partial charge in [-0.1, -0.05) is 48.5 Å². The molecule has 6 nitrogen and oxygen atoms in total. The van der Waals surface area contributed by atoms with Gasteiger partial charge in [0.1, 0.15) is 0 Å². The molecule has 32 heavy (non-hydrogen) atoms. The van der Waals surface area contributed by atoms with Crippen molar-refractivity contribution in [3.63, 3.8) is 0 Å². The van der Waals surface area contributed by atoms with Gasteiger partial charge >= 0.3 is 0 Å². The summed E-state index contributed by atoms with van der Waals surface area (Å²) in [6, 6.07) is 28.2. The van der Waals surface area contributed by atoms with E-state index in [4.69, 9.17) is 0 Å². The zero-order chi connectivity index (χ0) is 22.3. The molecule has 1 aromatic heterocycles. The second kappa shape index (κ2) is 9.75. The molecule has 0 aliphatic carbocycles. The Hall–Kier alpha value is -4.19. The molecular formula is C26H24N4O2. The molecule has 160 valence electrons. The lowest BCUT2D eigenvalue weighted by molar-refractivity contribution is -0.117.